The Kier molecular flexibility index (Phi) is 4.72. The minimum absolute atomic E-state index is 0.0534. The molecule has 0 radical (unpaired) electrons. The molecule has 98 valence electrons. The van der Waals surface area contributed by atoms with Crippen molar-refractivity contribution in [3.63, 3.8) is 0 Å². The molecule has 2 rings (SSSR count). The number of nitrogens with zero attached hydrogens (tertiary/aromatic N) is 1. The molecule has 0 aliphatic carbocycles. The molecule has 0 amide bonds. The number of ether oxygens (including phenoxy) is 1. The van der Waals surface area contributed by atoms with Crippen LogP contribution in [-0.4, -0.2) is 37.3 Å². The van der Waals surface area contributed by atoms with Crippen molar-refractivity contribution in [2.45, 2.75) is 6.10 Å². The quantitative estimate of drug-likeness (QED) is 0.483. The molecular weight excluding hydrogens is 349 g/mol. The fourth-order valence-corrected chi connectivity index (χ4v) is 2.25. The fraction of sp³-hybridized carbons (Fsp3) is 0.455. The van der Waals surface area contributed by atoms with Crippen LogP contribution in [0.5, 0.6) is 0 Å². The lowest BCUT2D eigenvalue weighted by Crippen LogP contribution is -2.42. The summed E-state index contributed by atoms with van der Waals surface area (Å²) < 4.78 is 6.38. The molecule has 0 aromatic heterocycles. The first-order chi connectivity index (χ1) is 8.66. The number of halogens is 1. The Bertz CT molecular complexity index is 436. The molecule has 1 atom stereocenters. The molecule has 7 heteroatoms. The number of morpholine rings is 1. The zero-order valence-corrected chi connectivity index (χ0v) is 11.8. The van der Waals surface area contributed by atoms with Crippen LogP contribution >= 0.6 is 22.6 Å². The largest absolute Gasteiger partial charge is 0.377 e. The summed E-state index contributed by atoms with van der Waals surface area (Å²) in [5.41, 5.74) is 0.639. The highest BCUT2D eigenvalue weighted by Crippen LogP contribution is 2.26. The molecule has 1 aromatic rings. The van der Waals surface area contributed by atoms with E-state index in [0.29, 0.717) is 18.8 Å². The zero-order chi connectivity index (χ0) is 13.0. The summed E-state index contributed by atoms with van der Waals surface area (Å²) in [5, 5.41) is 17.2. The van der Waals surface area contributed by atoms with Crippen molar-refractivity contribution in [1.29, 1.82) is 0 Å². The lowest BCUT2D eigenvalue weighted by molar-refractivity contribution is -0.384. The summed E-state index contributed by atoms with van der Waals surface area (Å²) in [4.78, 5) is 10.6. The number of nitro benzene ring substituents is 1. The monoisotopic (exact) mass is 363 g/mol. The van der Waals surface area contributed by atoms with Crippen LogP contribution in [0.2, 0.25) is 0 Å². The number of hydrogen-bond acceptors (Lipinski definition) is 5. The number of nitrogens with one attached hydrogen (secondary N) is 2. The summed E-state index contributed by atoms with van der Waals surface area (Å²) in [6.07, 6.45) is 0.0534. The van der Waals surface area contributed by atoms with Crippen molar-refractivity contribution in [1.82, 2.24) is 5.32 Å². The van der Waals surface area contributed by atoms with E-state index in [4.69, 9.17) is 4.74 Å². The van der Waals surface area contributed by atoms with Crippen LogP contribution in [0.1, 0.15) is 0 Å². The van der Waals surface area contributed by atoms with E-state index in [2.05, 4.69) is 33.2 Å². The second kappa shape index (κ2) is 6.30. The first-order valence-electron chi connectivity index (χ1n) is 5.67. The number of anilines is 1. The standard InChI is InChI=1S/C11H14IN3O3/c12-8-1-2-10(11(5-8)15(16)17)14-7-9-6-13-3-4-18-9/h1-2,5,9,13-14H,3-4,6-7H2. The van der Waals surface area contributed by atoms with Gasteiger partial charge in [0.05, 0.1) is 17.6 Å². The van der Waals surface area contributed by atoms with Gasteiger partial charge in [0.25, 0.3) is 5.69 Å². The first kappa shape index (κ1) is 13.5. The highest BCUT2D eigenvalue weighted by atomic mass is 127. The second-order valence-corrected chi connectivity index (χ2v) is 5.24. The highest BCUT2D eigenvalue weighted by molar-refractivity contribution is 14.1. The number of rotatable bonds is 4. The Balaban J connectivity index is 2.01. The van der Waals surface area contributed by atoms with Gasteiger partial charge in [-0.2, -0.15) is 0 Å². The minimum atomic E-state index is -0.371. The third-order valence-electron chi connectivity index (χ3n) is 2.68. The summed E-state index contributed by atoms with van der Waals surface area (Å²) in [6, 6.07) is 5.13. The number of benzene rings is 1. The van der Waals surface area contributed by atoms with Crippen LogP contribution < -0.4 is 10.6 Å². The van der Waals surface area contributed by atoms with Crippen LogP contribution in [0.15, 0.2) is 18.2 Å². The summed E-state index contributed by atoms with van der Waals surface area (Å²) in [6.45, 7) is 2.88. The molecule has 6 nitrogen and oxygen atoms in total. The maximum absolute atomic E-state index is 10.9. The van der Waals surface area contributed by atoms with Gasteiger partial charge in [-0.15, -0.1) is 0 Å². The average molecular weight is 363 g/mol. The zero-order valence-electron chi connectivity index (χ0n) is 9.69. The Morgan fingerprint density at radius 3 is 3.11 bits per heavy atom. The molecule has 2 N–H and O–H groups in total. The highest BCUT2D eigenvalue weighted by Gasteiger charge is 2.17. The summed E-state index contributed by atoms with van der Waals surface area (Å²) >= 11 is 2.06. The fourth-order valence-electron chi connectivity index (χ4n) is 1.78. The van der Waals surface area contributed by atoms with Gasteiger partial charge in [-0.05, 0) is 34.7 Å². The van der Waals surface area contributed by atoms with Crippen molar-refractivity contribution in [2.24, 2.45) is 0 Å². The molecule has 1 fully saturated rings. The Labute approximate surface area is 118 Å². The van der Waals surface area contributed by atoms with Crippen LogP contribution in [0, 0.1) is 13.7 Å². The summed E-state index contributed by atoms with van der Waals surface area (Å²) in [7, 11) is 0. The molecule has 1 aliphatic rings. The van der Waals surface area contributed by atoms with Gasteiger partial charge in [-0.25, -0.2) is 0 Å². The molecular formula is C11H14IN3O3. The van der Waals surface area contributed by atoms with Crippen LogP contribution in [0.25, 0.3) is 0 Å². The van der Waals surface area contributed by atoms with E-state index in [1.807, 2.05) is 6.07 Å². The Morgan fingerprint density at radius 1 is 1.61 bits per heavy atom. The predicted molar refractivity (Wildman–Crippen MR) is 76.9 cm³/mol. The molecule has 1 aromatic carbocycles. The third-order valence-corrected chi connectivity index (χ3v) is 3.35. The van der Waals surface area contributed by atoms with Crippen molar-refractivity contribution >= 4 is 34.0 Å². The van der Waals surface area contributed by atoms with Gasteiger partial charge in [0.15, 0.2) is 0 Å². The van der Waals surface area contributed by atoms with Gasteiger partial charge in [-0.1, -0.05) is 0 Å². The van der Waals surface area contributed by atoms with E-state index in [9.17, 15) is 10.1 Å². The molecule has 1 aliphatic heterocycles. The maximum Gasteiger partial charge on any atom is 0.293 e. The number of nitro groups is 1. The average Bonchev–Trinajstić information content (AvgIpc) is 2.38. The lowest BCUT2D eigenvalue weighted by Gasteiger charge is -2.24. The van der Waals surface area contributed by atoms with Crippen molar-refractivity contribution in [3.8, 4) is 0 Å². The molecule has 1 heterocycles. The Hall–Kier alpha value is -0.930. The van der Waals surface area contributed by atoms with Gasteiger partial charge in [0.1, 0.15) is 5.69 Å². The van der Waals surface area contributed by atoms with E-state index >= 15 is 0 Å². The maximum atomic E-state index is 10.9. The van der Waals surface area contributed by atoms with Gasteiger partial charge >= 0.3 is 0 Å². The third kappa shape index (κ3) is 3.53. The molecule has 1 saturated heterocycles. The van der Waals surface area contributed by atoms with Gasteiger partial charge in [0, 0.05) is 29.3 Å². The van der Waals surface area contributed by atoms with E-state index in [-0.39, 0.29) is 16.7 Å². The summed E-state index contributed by atoms with van der Waals surface area (Å²) in [5.74, 6) is 0. The molecule has 0 spiro atoms. The van der Waals surface area contributed by atoms with Crippen LogP contribution in [-0.2, 0) is 4.74 Å². The lowest BCUT2D eigenvalue weighted by atomic mass is 10.2. The first-order valence-corrected chi connectivity index (χ1v) is 6.75. The molecule has 0 saturated carbocycles. The van der Waals surface area contributed by atoms with Crippen molar-refractivity contribution in [2.75, 3.05) is 31.6 Å². The second-order valence-electron chi connectivity index (χ2n) is 4.00. The van der Waals surface area contributed by atoms with E-state index in [0.717, 1.165) is 16.7 Å². The van der Waals surface area contributed by atoms with E-state index in [1.54, 1.807) is 12.1 Å². The normalized spacial score (nSPS) is 19.5. The van der Waals surface area contributed by atoms with Gasteiger partial charge in [0.2, 0.25) is 0 Å². The SMILES string of the molecule is O=[N+]([O-])c1cc(I)ccc1NCC1CNCCO1. The van der Waals surface area contributed by atoms with Crippen LogP contribution in [0.4, 0.5) is 11.4 Å². The minimum Gasteiger partial charge on any atom is -0.377 e. The molecule has 18 heavy (non-hydrogen) atoms. The predicted octanol–water partition coefficient (Wildman–Crippen LogP) is 1.60. The Morgan fingerprint density at radius 2 is 2.44 bits per heavy atom. The van der Waals surface area contributed by atoms with Gasteiger partial charge < -0.3 is 15.4 Å². The van der Waals surface area contributed by atoms with Crippen molar-refractivity contribution < 1.29 is 9.66 Å². The van der Waals surface area contributed by atoms with Gasteiger partial charge in [-0.3, -0.25) is 10.1 Å². The molecule has 1 unspecified atom stereocenters. The van der Waals surface area contributed by atoms with Crippen molar-refractivity contribution in [3.05, 3.63) is 31.9 Å². The van der Waals surface area contributed by atoms with E-state index in [1.165, 1.54) is 0 Å². The smallest absolute Gasteiger partial charge is 0.293 e. The number of hydrogen-bond donors (Lipinski definition) is 2. The molecule has 0 bridgehead atoms. The van der Waals surface area contributed by atoms with Crippen LogP contribution in [0.3, 0.4) is 0 Å². The van der Waals surface area contributed by atoms with E-state index < -0.39 is 0 Å². The topological polar surface area (TPSA) is 76.4 Å².